The Morgan fingerprint density at radius 3 is 1.04 bits per heavy atom. The summed E-state index contributed by atoms with van der Waals surface area (Å²) >= 11 is 0. The van der Waals surface area contributed by atoms with Gasteiger partial charge >= 0.3 is 47.6 Å². The molecule has 0 saturated carbocycles. The summed E-state index contributed by atoms with van der Waals surface area (Å²) in [5.74, 6) is -54.8. The van der Waals surface area contributed by atoms with Crippen molar-refractivity contribution in [3.8, 4) is 0 Å². The minimum Gasteiger partial charge on any atom is -0.328 e. The second kappa shape index (κ2) is 19.5. The van der Waals surface area contributed by atoms with E-state index >= 15 is 0 Å². The van der Waals surface area contributed by atoms with Gasteiger partial charge in [-0.25, -0.2) is 0 Å². The Hall–Kier alpha value is -0.570. The van der Waals surface area contributed by atoms with Crippen LogP contribution in [-0.2, 0) is 0 Å². The molecule has 0 rings (SSSR count). The molecule has 0 atom stereocenters. The highest BCUT2D eigenvalue weighted by Crippen LogP contribution is 2.64. The molecule has 0 saturated heterocycles. The first-order valence-electron chi connectivity index (χ1n) is 16.8. The number of hydrogen-bond acceptors (Lipinski definition) is 2. The van der Waals surface area contributed by atoms with Gasteiger partial charge in [-0.15, -0.1) is 0 Å². The van der Waals surface area contributed by atoms with Crippen LogP contribution < -0.4 is 0 Å². The third-order valence-corrected chi connectivity index (χ3v) is 11.2. The average molecular weight is 839 g/mol. The molecule has 0 amide bonds. The molecule has 0 spiro atoms. The van der Waals surface area contributed by atoms with Crippen LogP contribution in [0.2, 0.25) is 0 Å². The number of hydrogen-bond donors (Lipinski definition) is 0. The molecule has 0 heterocycles. The molecule has 0 aliphatic carbocycles. The lowest BCUT2D eigenvalue weighted by molar-refractivity contribution is -0.888. The fourth-order valence-electron chi connectivity index (χ4n) is 5.02. The van der Waals surface area contributed by atoms with Crippen molar-refractivity contribution < 1.29 is 83.6 Å². The molecule has 314 valence electrons. The largest absolute Gasteiger partial charge is 0.460 e. The van der Waals surface area contributed by atoms with Crippen molar-refractivity contribution in [2.45, 2.75) is 132 Å². The van der Waals surface area contributed by atoms with Crippen LogP contribution in [0.25, 0.3) is 0 Å². The molecule has 0 aromatic carbocycles. The van der Waals surface area contributed by atoms with Crippen molar-refractivity contribution in [3.63, 3.8) is 0 Å². The number of halogens is 17. The van der Waals surface area contributed by atoms with Gasteiger partial charge in [0.25, 0.3) is 0 Å². The molecule has 0 unspecified atom stereocenters. The first-order chi connectivity index (χ1) is 23.2. The van der Waals surface area contributed by atoms with E-state index < -0.39 is 67.0 Å². The second-order valence-corrected chi connectivity index (χ2v) is 17.0. The maximum Gasteiger partial charge on any atom is 0.460 e. The molecule has 0 N–H and O–H groups in total. The summed E-state index contributed by atoms with van der Waals surface area (Å²) in [6.07, 6.45) is 0.935. The minimum atomic E-state index is -8.60. The maximum absolute atomic E-state index is 14.3. The van der Waals surface area contributed by atoms with E-state index in [1.54, 1.807) is 0 Å². The molecule has 2 nitrogen and oxygen atoms in total. The summed E-state index contributed by atoms with van der Waals surface area (Å²) in [4.78, 5) is 0. The van der Waals surface area contributed by atoms with Crippen LogP contribution in [0.3, 0.4) is 0 Å². The van der Waals surface area contributed by atoms with Crippen molar-refractivity contribution in [2.75, 3.05) is 65.9 Å². The van der Waals surface area contributed by atoms with Crippen LogP contribution in [0.5, 0.6) is 0 Å². The third-order valence-electron chi connectivity index (χ3n) is 8.80. The SMILES string of the molecule is CCCCCCCCCCCC[N+](C)(C)CCSSCC[N+](C)(C)CCCC(F)(F)C(F)(F)C(F)(F)C(F)(F)C(F)(F)C(F)(F)C(F)(F)C(F)(F)F. The Morgan fingerprint density at radius 1 is 0.365 bits per heavy atom. The Kier molecular flexibility index (Phi) is 19.3. The van der Waals surface area contributed by atoms with Crippen LogP contribution in [0.4, 0.5) is 74.6 Å². The molecule has 0 bridgehead atoms. The Morgan fingerprint density at radius 2 is 0.673 bits per heavy atom. The highest BCUT2D eigenvalue weighted by molar-refractivity contribution is 8.76. The van der Waals surface area contributed by atoms with E-state index in [-0.39, 0.29) is 11.0 Å². The van der Waals surface area contributed by atoms with Crippen molar-refractivity contribution in [3.05, 3.63) is 0 Å². The molecular weight excluding hydrogens is 787 g/mol. The fraction of sp³-hybridized carbons (Fsp3) is 1.00. The monoisotopic (exact) mass is 838 g/mol. The lowest BCUT2D eigenvalue weighted by Crippen LogP contribution is -2.74. The van der Waals surface area contributed by atoms with Crippen LogP contribution >= 0.6 is 21.6 Å². The molecule has 0 aliphatic rings. The van der Waals surface area contributed by atoms with E-state index in [1.807, 2.05) is 0 Å². The zero-order chi connectivity index (χ0) is 41.1. The van der Waals surface area contributed by atoms with Crippen molar-refractivity contribution in [1.82, 2.24) is 0 Å². The number of unbranched alkanes of at least 4 members (excludes halogenated alkanes) is 9. The molecule has 0 aromatic heterocycles. The van der Waals surface area contributed by atoms with E-state index in [4.69, 9.17) is 0 Å². The second-order valence-electron chi connectivity index (χ2n) is 14.3. The predicted molar refractivity (Wildman–Crippen MR) is 170 cm³/mol. The summed E-state index contributed by atoms with van der Waals surface area (Å²) in [5, 5.41) is 0. The first kappa shape index (κ1) is 51.4. The summed E-state index contributed by atoms with van der Waals surface area (Å²) in [7, 11) is 9.95. The summed E-state index contributed by atoms with van der Waals surface area (Å²) in [6.45, 7) is 3.74. The quantitative estimate of drug-likeness (QED) is 0.0333. The topological polar surface area (TPSA) is 0 Å². The van der Waals surface area contributed by atoms with Crippen molar-refractivity contribution in [2.24, 2.45) is 0 Å². The van der Waals surface area contributed by atoms with Gasteiger partial charge in [0.2, 0.25) is 0 Å². The van der Waals surface area contributed by atoms with Gasteiger partial charge < -0.3 is 8.97 Å². The molecule has 0 fully saturated rings. The summed E-state index contributed by atoms with van der Waals surface area (Å²) in [5.41, 5.74) is 0. The highest BCUT2D eigenvalue weighted by atomic mass is 33.1. The van der Waals surface area contributed by atoms with E-state index in [0.29, 0.717) is 5.75 Å². The van der Waals surface area contributed by atoms with E-state index in [9.17, 15) is 74.6 Å². The molecule has 0 radical (unpaired) electrons. The van der Waals surface area contributed by atoms with Gasteiger partial charge in [-0.1, -0.05) is 79.9 Å². The number of rotatable bonds is 28. The summed E-state index contributed by atoms with van der Waals surface area (Å²) < 4.78 is 230. The lowest BCUT2D eigenvalue weighted by atomic mass is 9.88. The number of quaternary nitrogens is 2. The lowest BCUT2D eigenvalue weighted by Gasteiger charge is -2.43. The van der Waals surface area contributed by atoms with Crippen LogP contribution in [0.1, 0.15) is 84.0 Å². The normalized spacial score (nSPS) is 15.1. The van der Waals surface area contributed by atoms with Crippen LogP contribution in [0, 0.1) is 0 Å². The Labute approximate surface area is 302 Å². The zero-order valence-electron chi connectivity index (χ0n) is 29.9. The van der Waals surface area contributed by atoms with Crippen molar-refractivity contribution in [1.29, 1.82) is 0 Å². The van der Waals surface area contributed by atoms with E-state index in [0.717, 1.165) is 36.2 Å². The predicted octanol–water partition coefficient (Wildman–Crippen LogP) is 12.2. The minimum absolute atomic E-state index is 0.196. The number of alkyl halides is 17. The zero-order valence-corrected chi connectivity index (χ0v) is 31.5. The fourth-order valence-corrected chi connectivity index (χ4v) is 7.55. The van der Waals surface area contributed by atoms with Gasteiger partial charge in [0.05, 0.1) is 65.9 Å². The highest BCUT2D eigenvalue weighted by Gasteiger charge is 2.95. The van der Waals surface area contributed by atoms with Gasteiger partial charge in [-0.3, -0.25) is 0 Å². The van der Waals surface area contributed by atoms with Crippen molar-refractivity contribution >= 4 is 21.6 Å². The average Bonchev–Trinajstić information content (AvgIpc) is 2.98. The van der Waals surface area contributed by atoms with Gasteiger partial charge in [0, 0.05) is 12.8 Å². The molecule has 21 heteroatoms. The summed E-state index contributed by atoms with van der Waals surface area (Å²) in [6, 6.07) is 0. The third kappa shape index (κ3) is 13.0. The Balaban J connectivity index is 4.95. The van der Waals surface area contributed by atoms with Gasteiger partial charge in [-0.2, -0.15) is 74.6 Å². The van der Waals surface area contributed by atoms with Gasteiger partial charge in [0.15, 0.2) is 0 Å². The molecule has 52 heavy (non-hydrogen) atoms. The van der Waals surface area contributed by atoms with Gasteiger partial charge in [-0.05, 0) is 12.8 Å². The number of nitrogens with zero attached hydrogens (tertiary/aromatic N) is 2. The van der Waals surface area contributed by atoms with Crippen LogP contribution in [0.15, 0.2) is 0 Å². The standard InChI is InChI=1S/C31H51F17N2S2/c1-6-7-8-9-10-11-12-13-14-15-18-49(2,3)20-22-51-52-23-21-50(4,5)19-16-17-24(32,33)25(34,35)26(36,37)27(38,39)28(40,41)29(42,43)30(44,45)31(46,47)48/h6-23H2,1-5H3/q+2. The Bertz CT molecular complexity index is 1040. The molecule has 0 aromatic rings. The van der Waals surface area contributed by atoms with Crippen LogP contribution in [-0.4, -0.2) is 122 Å². The smallest absolute Gasteiger partial charge is 0.328 e. The first-order valence-corrected chi connectivity index (χ1v) is 19.3. The van der Waals surface area contributed by atoms with E-state index in [2.05, 4.69) is 21.0 Å². The van der Waals surface area contributed by atoms with Gasteiger partial charge in [0.1, 0.15) is 0 Å². The molecule has 0 aliphatic heterocycles. The molecular formula is C31H51F17N2S2+2. The van der Waals surface area contributed by atoms with E-state index in [1.165, 1.54) is 87.0 Å². The maximum atomic E-state index is 14.3.